The van der Waals surface area contributed by atoms with Crippen molar-refractivity contribution in [2.75, 3.05) is 11.5 Å². The Morgan fingerprint density at radius 1 is 1.88 bits per heavy atom. The molecule has 0 radical (unpaired) electrons. The summed E-state index contributed by atoms with van der Waals surface area (Å²) in [5.41, 5.74) is 0. The minimum atomic E-state index is 0.159. The van der Waals surface area contributed by atoms with Gasteiger partial charge in [-0.3, -0.25) is 0 Å². The van der Waals surface area contributed by atoms with E-state index >= 15 is 0 Å². The predicted octanol–water partition coefficient (Wildman–Crippen LogP) is -2.96. The van der Waals surface area contributed by atoms with Crippen molar-refractivity contribution in [2.45, 2.75) is 6.92 Å². The third kappa shape index (κ3) is 4.52. The Bertz CT molecular complexity index is 67.4. The van der Waals surface area contributed by atoms with Crippen molar-refractivity contribution in [3.63, 3.8) is 0 Å². The zero-order valence-electron chi connectivity index (χ0n) is 5.15. The van der Waals surface area contributed by atoms with Gasteiger partial charge in [0.1, 0.15) is 0 Å². The third-order valence-corrected chi connectivity index (χ3v) is 1.97. The van der Waals surface area contributed by atoms with Crippen LogP contribution < -0.4 is 25.0 Å². The first-order chi connectivity index (χ1) is 3.81. The average molecular weight is 228 g/mol. The Kier molecular flexibility index (Phi) is 5.74. The van der Waals surface area contributed by atoms with Gasteiger partial charge in [0.15, 0.2) is 0 Å². The first-order valence-electron chi connectivity index (χ1n) is 2.48. The van der Waals surface area contributed by atoms with E-state index in [0.717, 1.165) is 12.8 Å². The molecule has 0 rings (SSSR count). The second-order valence-electron chi connectivity index (χ2n) is 1.64. The molecule has 0 spiro atoms. The van der Waals surface area contributed by atoms with Gasteiger partial charge in [0, 0.05) is 0 Å². The molecule has 1 unspecified atom stereocenters. The standard InChI is InChI=1S/C5H11INO/c1-5(4-8)3-7-6-2/h4-5,7H,3H2,1-2H3/q-1. The summed E-state index contributed by atoms with van der Waals surface area (Å²) in [7, 11) is 0. The molecule has 0 fully saturated rings. The summed E-state index contributed by atoms with van der Waals surface area (Å²) in [4.78, 5) is 12.1. The van der Waals surface area contributed by atoms with Gasteiger partial charge in [0.2, 0.25) is 0 Å². The molecule has 0 saturated carbocycles. The molecule has 0 aliphatic rings. The number of hydrogen-bond acceptors (Lipinski definition) is 2. The molecule has 0 aromatic carbocycles. The Labute approximate surface area is 60.7 Å². The Morgan fingerprint density at radius 3 is 2.88 bits per heavy atom. The summed E-state index contributed by atoms with van der Waals surface area (Å²) in [6.07, 6.45) is 0.979. The van der Waals surface area contributed by atoms with Crippen LogP contribution in [0.2, 0.25) is 0 Å². The summed E-state index contributed by atoms with van der Waals surface area (Å²) >= 11 is 0.159. The second-order valence-corrected chi connectivity index (χ2v) is 3.48. The van der Waals surface area contributed by atoms with Crippen LogP contribution in [0.1, 0.15) is 6.92 Å². The summed E-state index contributed by atoms with van der Waals surface area (Å²) in [6, 6.07) is 0. The topological polar surface area (TPSA) is 29.1 Å². The molecule has 0 amide bonds. The number of nitrogens with one attached hydrogen (secondary N) is 1. The van der Waals surface area contributed by atoms with Gasteiger partial charge in [0.05, 0.1) is 0 Å². The van der Waals surface area contributed by atoms with Crippen molar-refractivity contribution < 1.29 is 26.3 Å². The fraction of sp³-hybridized carbons (Fsp3) is 0.800. The maximum atomic E-state index is 9.98. The van der Waals surface area contributed by atoms with Crippen LogP contribution in [0.4, 0.5) is 0 Å². The van der Waals surface area contributed by atoms with Gasteiger partial charge in [-0.1, -0.05) is 0 Å². The van der Waals surface area contributed by atoms with Gasteiger partial charge in [-0.15, -0.1) is 0 Å². The quantitative estimate of drug-likeness (QED) is 0.241. The zero-order chi connectivity index (χ0) is 6.41. The first-order valence-corrected chi connectivity index (χ1v) is 5.71. The van der Waals surface area contributed by atoms with E-state index in [2.05, 4.69) is 8.46 Å². The van der Waals surface area contributed by atoms with E-state index in [1.807, 2.05) is 6.92 Å². The SMILES string of the molecule is C[I-]NCC(C)C=O. The van der Waals surface area contributed by atoms with Gasteiger partial charge in [-0.25, -0.2) is 0 Å². The van der Waals surface area contributed by atoms with Crippen LogP contribution in [0.3, 0.4) is 0 Å². The van der Waals surface area contributed by atoms with E-state index in [1.165, 1.54) is 0 Å². The molecule has 0 heterocycles. The van der Waals surface area contributed by atoms with Crippen molar-refractivity contribution >= 4 is 6.29 Å². The van der Waals surface area contributed by atoms with Crippen LogP contribution >= 0.6 is 0 Å². The van der Waals surface area contributed by atoms with Crippen LogP contribution in [0.15, 0.2) is 0 Å². The molecule has 50 valence electrons. The molecule has 3 heteroatoms. The maximum absolute atomic E-state index is 9.98. The van der Waals surface area contributed by atoms with E-state index < -0.39 is 0 Å². The van der Waals surface area contributed by atoms with Crippen LogP contribution in [0, 0.1) is 5.92 Å². The van der Waals surface area contributed by atoms with E-state index in [-0.39, 0.29) is 27.4 Å². The van der Waals surface area contributed by atoms with Gasteiger partial charge in [0.25, 0.3) is 0 Å². The van der Waals surface area contributed by atoms with E-state index in [1.54, 1.807) is 0 Å². The number of rotatable bonds is 4. The number of carbonyl (C=O) groups excluding carboxylic acids is 1. The fourth-order valence-electron chi connectivity index (χ4n) is 0.247. The summed E-state index contributed by atoms with van der Waals surface area (Å²) in [5.74, 6) is 0.189. The van der Waals surface area contributed by atoms with Crippen molar-refractivity contribution in [2.24, 2.45) is 5.92 Å². The molecule has 8 heavy (non-hydrogen) atoms. The van der Waals surface area contributed by atoms with Crippen LogP contribution in [0.25, 0.3) is 0 Å². The van der Waals surface area contributed by atoms with Crippen molar-refractivity contribution in [1.82, 2.24) is 3.53 Å². The molecule has 0 saturated heterocycles. The van der Waals surface area contributed by atoms with Crippen molar-refractivity contribution in [3.05, 3.63) is 0 Å². The molecule has 0 aromatic rings. The molecule has 0 aliphatic heterocycles. The number of aldehydes is 1. The molecule has 0 aliphatic carbocycles. The normalized spacial score (nSPS) is 13.8. The van der Waals surface area contributed by atoms with Crippen LogP contribution in [-0.2, 0) is 4.79 Å². The molecular weight excluding hydrogens is 217 g/mol. The molecule has 2 nitrogen and oxygen atoms in total. The first kappa shape index (κ1) is 8.36. The molecule has 1 N–H and O–H groups in total. The van der Waals surface area contributed by atoms with E-state index in [9.17, 15) is 4.79 Å². The number of alkyl halides is 1. The van der Waals surface area contributed by atoms with Gasteiger partial charge in [-0.05, 0) is 0 Å². The van der Waals surface area contributed by atoms with Gasteiger partial charge in [-0.2, -0.15) is 0 Å². The molecule has 0 aromatic heterocycles. The average Bonchev–Trinajstić information content (AvgIpc) is 1.83. The monoisotopic (exact) mass is 228 g/mol. The van der Waals surface area contributed by atoms with E-state index in [4.69, 9.17) is 0 Å². The zero-order valence-corrected chi connectivity index (χ0v) is 7.31. The summed E-state index contributed by atoms with van der Waals surface area (Å²) in [6.45, 7) is 2.77. The van der Waals surface area contributed by atoms with Crippen LogP contribution in [-0.4, -0.2) is 17.8 Å². The predicted molar refractivity (Wildman–Crippen MR) is 29.2 cm³/mol. The van der Waals surface area contributed by atoms with Gasteiger partial charge < -0.3 is 0 Å². The number of halogens is 1. The second kappa shape index (κ2) is 5.50. The Morgan fingerprint density at radius 2 is 2.50 bits per heavy atom. The summed E-state index contributed by atoms with van der Waals surface area (Å²) < 4.78 is 3.18. The van der Waals surface area contributed by atoms with Gasteiger partial charge >= 0.3 is 60.4 Å². The van der Waals surface area contributed by atoms with Crippen LogP contribution in [0.5, 0.6) is 0 Å². The molecular formula is C5H11INO-. The molecule has 1 atom stereocenters. The van der Waals surface area contributed by atoms with E-state index in [0.29, 0.717) is 0 Å². The Balaban J connectivity index is 2.98. The van der Waals surface area contributed by atoms with Crippen molar-refractivity contribution in [3.8, 4) is 0 Å². The number of carbonyl (C=O) groups is 1. The third-order valence-electron chi connectivity index (χ3n) is 0.765. The van der Waals surface area contributed by atoms with Crippen molar-refractivity contribution in [1.29, 1.82) is 0 Å². The molecule has 0 bridgehead atoms. The Hall–Kier alpha value is 0.360. The summed E-state index contributed by atoms with van der Waals surface area (Å²) in [5, 5.41) is 0. The fourth-order valence-corrected chi connectivity index (χ4v) is 1.38. The number of hydrogen-bond donors (Lipinski definition) is 1. The minimum absolute atomic E-state index is 0.159.